The first-order valence-corrected chi connectivity index (χ1v) is 7.21. The van der Waals surface area contributed by atoms with Crippen molar-refractivity contribution in [1.29, 1.82) is 0 Å². The lowest BCUT2D eigenvalue weighted by molar-refractivity contribution is -0.120. The van der Waals surface area contributed by atoms with Crippen molar-refractivity contribution in [2.45, 2.75) is 32.7 Å². The molecule has 0 unspecified atom stereocenters. The highest BCUT2D eigenvalue weighted by molar-refractivity contribution is 5.75. The number of methoxy groups -OCH3 is 1. The molecule has 0 aromatic heterocycles. The molecule has 0 saturated heterocycles. The van der Waals surface area contributed by atoms with E-state index in [4.69, 9.17) is 4.74 Å². The average molecular weight is 278 g/mol. The van der Waals surface area contributed by atoms with Crippen molar-refractivity contribution < 1.29 is 9.53 Å². The van der Waals surface area contributed by atoms with Crippen molar-refractivity contribution in [2.75, 3.05) is 27.2 Å². The quantitative estimate of drug-likeness (QED) is 0.794. The second-order valence-electron chi connectivity index (χ2n) is 4.82. The Labute approximate surface area is 122 Å². The highest BCUT2D eigenvalue weighted by Gasteiger charge is 2.17. The molecular formula is C16H26N2O2. The zero-order valence-corrected chi connectivity index (χ0v) is 13.0. The van der Waals surface area contributed by atoms with E-state index < -0.39 is 0 Å². The topological polar surface area (TPSA) is 41.6 Å². The summed E-state index contributed by atoms with van der Waals surface area (Å²) >= 11 is 0. The third-order valence-corrected chi connectivity index (χ3v) is 3.67. The zero-order chi connectivity index (χ0) is 15.0. The molecule has 0 aliphatic rings. The Kier molecular flexibility index (Phi) is 7.09. The van der Waals surface area contributed by atoms with Crippen LogP contribution in [0.1, 0.15) is 38.3 Å². The number of benzene rings is 1. The van der Waals surface area contributed by atoms with Crippen LogP contribution in [-0.2, 0) is 4.79 Å². The molecule has 0 radical (unpaired) electrons. The second-order valence-corrected chi connectivity index (χ2v) is 4.82. The van der Waals surface area contributed by atoms with E-state index >= 15 is 0 Å². The molecule has 1 rings (SSSR count). The van der Waals surface area contributed by atoms with E-state index in [1.165, 1.54) is 5.56 Å². The van der Waals surface area contributed by atoms with Crippen LogP contribution >= 0.6 is 0 Å². The van der Waals surface area contributed by atoms with Crippen molar-refractivity contribution in [3.05, 3.63) is 29.8 Å². The number of nitrogens with zero attached hydrogens (tertiary/aromatic N) is 1. The number of para-hydroxylation sites is 1. The first kappa shape index (κ1) is 16.5. The summed E-state index contributed by atoms with van der Waals surface area (Å²) in [6.45, 7) is 6.18. The standard InChI is InChI=1S/C16H26N2O2/c1-5-18(12-8-11-16(19)17-3)13(2)14-9-6-7-10-15(14)20-4/h6-7,9-10,13H,5,8,11-12H2,1-4H3,(H,17,19)/t13-/m0/s1. The molecule has 0 fully saturated rings. The Morgan fingerprint density at radius 2 is 2.10 bits per heavy atom. The highest BCUT2D eigenvalue weighted by Crippen LogP contribution is 2.28. The molecule has 1 amide bonds. The van der Waals surface area contributed by atoms with Crippen LogP contribution in [0.3, 0.4) is 0 Å². The smallest absolute Gasteiger partial charge is 0.219 e. The van der Waals surface area contributed by atoms with Gasteiger partial charge < -0.3 is 10.1 Å². The van der Waals surface area contributed by atoms with Gasteiger partial charge in [-0.05, 0) is 32.5 Å². The summed E-state index contributed by atoms with van der Waals surface area (Å²) in [5, 5.41) is 2.66. The molecule has 0 aliphatic carbocycles. The van der Waals surface area contributed by atoms with Gasteiger partial charge in [0.15, 0.2) is 0 Å². The Bertz CT molecular complexity index is 421. The normalized spacial score (nSPS) is 12.2. The van der Waals surface area contributed by atoms with Crippen LogP contribution in [0, 0.1) is 0 Å². The molecule has 112 valence electrons. The molecule has 1 aromatic rings. The van der Waals surface area contributed by atoms with E-state index in [-0.39, 0.29) is 11.9 Å². The Morgan fingerprint density at radius 1 is 1.40 bits per heavy atom. The number of carbonyl (C=O) groups excluding carboxylic acids is 1. The number of hydrogen-bond acceptors (Lipinski definition) is 3. The molecule has 4 nitrogen and oxygen atoms in total. The molecule has 0 aliphatic heterocycles. The fourth-order valence-corrected chi connectivity index (χ4v) is 2.40. The maximum absolute atomic E-state index is 11.3. The average Bonchev–Trinajstić information content (AvgIpc) is 2.50. The molecule has 1 N–H and O–H groups in total. The summed E-state index contributed by atoms with van der Waals surface area (Å²) in [5.74, 6) is 1.02. The van der Waals surface area contributed by atoms with Crippen LogP contribution in [0.2, 0.25) is 0 Å². The Hall–Kier alpha value is -1.55. The molecular weight excluding hydrogens is 252 g/mol. The molecule has 20 heavy (non-hydrogen) atoms. The molecule has 1 aromatic carbocycles. The van der Waals surface area contributed by atoms with Crippen LogP contribution in [0.4, 0.5) is 0 Å². The van der Waals surface area contributed by atoms with E-state index in [9.17, 15) is 4.79 Å². The van der Waals surface area contributed by atoms with Crippen LogP contribution in [-0.4, -0.2) is 38.1 Å². The van der Waals surface area contributed by atoms with E-state index in [1.54, 1.807) is 14.2 Å². The van der Waals surface area contributed by atoms with E-state index in [1.807, 2.05) is 18.2 Å². The molecule has 0 spiro atoms. The van der Waals surface area contributed by atoms with Crippen molar-refractivity contribution in [3.63, 3.8) is 0 Å². The summed E-state index contributed by atoms with van der Waals surface area (Å²) in [6.07, 6.45) is 1.44. The van der Waals surface area contributed by atoms with Gasteiger partial charge in [-0.25, -0.2) is 0 Å². The third kappa shape index (κ3) is 4.53. The number of amides is 1. The summed E-state index contributed by atoms with van der Waals surface area (Å²) in [6, 6.07) is 8.39. The van der Waals surface area contributed by atoms with Gasteiger partial charge in [0.2, 0.25) is 5.91 Å². The summed E-state index contributed by atoms with van der Waals surface area (Å²) in [7, 11) is 3.38. The minimum atomic E-state index is 0.103. The minimum Gasteiger partial charge on any atom is -0.496 e. The lowest BCUT2D eigenvalue weighted by Crippen LogP contribution is -2.29. The monoisotopic (exact) mass is 278 g/mol. The number of nitrogens with one attached hydrogen (secondary N) is 1. The van der Waals surface area contributed by atoms with Gasteiger partial charge in [-0.3, -0.25) is 9.69 Å². The van der Waals surface area contributed by atoms with Gasteiger partial charge in [-0.2, -0.15) is 0 Å². The molecule has 0 bridgehead atoms. The van der Waals surface area contributed by atoms with Gasteiger partial charge in [-0.1, -0.05) is 25.1 Å². The van der Waals surface area contributed by atoms with E-state index in [0.717, 1.165) is 25.3 Å². The van der Waals surface area contributed by atoms with Crippen molar-refractivity contribution in [2.24, 2.45) is 0 Å². The first-order chi connectivity index (χ1) is 9.63. The molecule has 0 heterocycles. The third-order valence-electron chi connectivity index (χ3n) is 3.67. The fraction of sp³-hybridized carbons (Fsp3) is 0.562. The first-order valence-electron chi connectivity index (χ1n) is 7.21. The van der Waals surface area contributed by atoms with E-state index in [0.29, 0.717) is 6.42 Å². The maximum Gasteiger partial charge on any atom is 0.219 e. The summed E-state index contributed by atoms with van der Waals surface area (Å²) in [4.78, 5) is 13.6. The van der Waals surface area contributed by atoms with E-state index in [2.05, 4.69) is 30.1 Å². The zero-order valence-electron chi connectivity index (χ0n) is 13.0. The second kappa shape index (κ2) is 8.59. The van der Waals surface area contributed by atoms with Crippen LogP contribution < -0.4 is 10.1 Å². The SMILES string of the molecule is CCN(CCCC(=O)NC)[C@@H](C)c1ccccc1OC. The van der Waals surface area contributed by atoms with Gasteiger partial charge >= 0.3 is 0 Å². The predicted octanol–water partition coefficient (Wildman–Crippen LogP) is 2.60. The minimum absolute atomic E-state index is 0.103. The highest BCUT2D eigenvalue weighted by atomic mass is 16.5. The lowest BCUT2D eigenvalue weighted by Gasteiger charge is -2.29. The summed E-state index contributed by atoms with van der Waals surface area (Å²) < 4.78 is 5.43. The number of carbonyl (C=O) groups is 1. The fourth-order valence-electron chi connectivity index (χ4n) is 2.40. The van der Waals surface area contributed by atoms with Gasteiger partial charge in [-0.15, -0.1) is 0 Å². The number of ether oxygens (including phenoxy) is 1. The lowest BCUT2D eigenvalue weighted by atomic mass is 10.1. The van der Waals surface area contributed by atoms with Gasteiger partial charge in [0, 0.05) is 25.1 Å². The van der Waals surface area contributed by atoms with Gasteiger partial charge in [0.05, 0.1) is 7.11 Å². The van der Waals surface area contributed by atoms with Gasteiger partial charge in [0.25, 0.3) is 0 Å². The Balaban J connectivity index is 2.66. The molecule has 4 heteroatoms. The van der Waals surface area contributed by atoms with Crippen LogP contribution in [0.15, 0.2) is 24.3 Å². The van der Waals surface area contributed by atoms with Crippen molar-refractivity contribution in [3.8, 4) is 5.75 Å². The number of hydrogen-bond donors (Lipinski definition) is 1. The summed E-state index contributed by atoms with van der Waals surface area (Å²) in [5.41, 5.74) is 1.19. The molecule has 0 saturated carbocycles. The largest absolute Gasteiger partial charge is 0.496 e. The van der Waals surface area contributed by atoms with Crippen molar-refractivity contribution in [1.82, 2.24) is 10.2 Å². The van der Waals surface area contributed by atoms with Gasteiger partial charge in [0.1, 0.15) is 5.75 Å². The van der Waals surface area contributed by atoms with Crippen LogP contribution in [0.25, 0.3) is 0 Å². The number of rotatable bonds is 8. The molecule has 1 atom stereocenters. The predicted molar refractivity (Wildman–Crippen MR) is 82.0 cm³/mol. The maximum atomic E-state index is 11.3. The van der Waals surface area contributed by atoms with Crippen LogP contribution in [0.5, 0.6) is 5.75 Å². The van der Waals surface area contributed by atoms with Crippen molar-refractivity contribution >= 4 is 5.91 Å². The Morgan fingerprint density at radius 3 is 2.70 bits per heavy atom.